The Morgan fingerprint density at radius 2 is 2.06 bits per heavy atom. The van der Waals surface area contributed by atoms with Crippen molar-refractivity contribution in [1.82, 2.24) is 10.3 Å². The SMILES string of the molecule is C=c1c(C(=O)NCCOC)ccc2c1=C[N+](CC(CC)CC(C)C(=O)c1cc3cc(Cl)ccc3[nH]1)=N2. The molecule has 7 nitrogen and oxygen atoms in total. The van der Waals surface area contributed by atoms with Crippen molar-refractivity contribution in [2.24, 2.45) is 17.0 Å². The predicted molar refractivity (Wildman–Crippen MR) is 142 cm³/mol. The average molecular weight is 508 g/mol. The quantitative estimate of drug-likeness (QED) is 0.229. The van der Waals surface area contributed by atoms with E-state index >= 15 is 0 Å². The molecule has 0 bridgehead atoms. The van der Waals surface area contributed by atoms with Gasteiger partial charge in [0.1, 0.15) is 5.69 Å². The zero-order valence-electron chi connectivity index (χ0n) is 20.9. The first-order valence-electron chi connectivity index (χ1n) is 12.2. The molecule has 0 fully saturated rings. The van der Waals surface area contributed by atoms with Gasteiger partial charge in [-0.05, 0) is 54.5 Å². The first-order chi connectivity index (χ1) is 17.3. The van der Waals surface area contributed by atoms with Crippen LogP contribution < -0.4 is 15.8 Å². The van der Waals surface area contributed by atoms with E-state index in [0.29, 0.717) is 41.2 Å². The molecule has 1 aliphatic heterocycles. The number of methoxy groups -OCH3 is 1. The summed E-state index contributed by atoms with van der Waals surface area (Å²) in [6.45, 7) is 9.81. The van der Waals surface area contributed by atoms with Gasteiger partial charge in [0.05, 0.1) is 17.5 Å². The number of azo groups is 2. The summed E-state index contributed by atoms with van der Waals surface area (Å²) >= 11 is 6.09. The van der Waals surface area contributed by atoms with Crippen LogP contribution in [0.3, 0.4) is 0 Å². The zero-order chi connectivity index (χ0) is 25.8. The summed E-state index contributed by atoms with van der Waals surface area (Å²) in [6.07, 6.45) is 3.60. The number of Topliss-reactive ketones (excluding diaryl/α,β-unsaturated/α-hetero) is 1. The minimum atomic E-state index is -0.176. The van der Waals surface area contributed by atoms with Crippen LogP contribution in [0.4, 0.5) is 5.69 Å². The van der Waals surface area contributed by atoms with Crippen molar-refractivity contribution >= 4 is 52.7 Å². The summed E-state index contributed by atoms with van der Waals surface area (Å²) in [5, 5.41) is 10.6. The maximum absolute atomic E-state index is 13.1. The second-order valence-electron chi connectivity index (χ2n) is 9.31. The van der Waals surface area contributed by atoms with Gasteiger partial charge in [0.25, 0.3) is 5.91 Å². The van der Waals surface area contributed by atoms with Crippen molar-refractivity contribution < 1.29 is 19.0 Å². The molecule has 188 valence electrons. The van der Waals surface area contributed by atoms with Crippen LogP contribution >= 0.6 is 11.6 Å². The lowest BCUT2D eigenvalue weighted by atomic mass is 9.90. The number of benzene rings is 2. The molecule has 4 rings (SSSR count). The predicted octanol–water partition coefficient (Wildman–Crippen LogP) is 4.39. The standard InChI is InChI=1S/C28H31ClN4O3/c1-5-19(12-17(2)27(34)26-14-20-13-21(29)6-8-24(20)31-26)15-33-16-23-18(3)22(7-9-25(23)32-33)28(35)30-10-11-36-4/h6-9,13-14,16-17,19H,3,5,10-12,15H2,1-2,4H3,(H-,30,31,34,35)/p+1. The second-order valence-corrected chi connectivity index (χ2v) is 9.75. The number of halogens is 1. The van der Waals surface area contributed by atoms with Crippen LogP contribution in [0.5, 0.6) is 0 Å². The van der Waals surface area contributed by atoms with E-state index in [4.69, 9.17) is 21.5 Å². The lowest BCUT2D eigenvalue weighted by molar-refractivity contribution is -0.495. The second kappa shape index (κ2) is 11.2. The summed E-state index contributed by atoms with van der Waals surface area (Å²) in [7, 11) is 1.60. The van der Waals surface area contributed by atoms with Gasteiger partial charge in [-0.1, -0.05) is 36.7 Å². The topological polar surface area (TPSA) is 86.6 Å². The number of fused-ring (bicyclic) bond motifs is 2. The molecular formula is C28H32ClN4O3+. The Balaban J connectivity index is 1.43. The number of rotatable bonds is 11. The lowest BCUT2D eigenvalue weighted by Gasteiger charge is -2.15. The fourth-order valence-corrected chi connectivity index (χ4v) is 4.79. The largest absolute Gasteiger partial charge is 0.383 e. The summed E-state index contributed by atoms with van der Waals surface area (Å²) in [6, 6.07) is 11.0. The van der Waals surface area contributed by atoms with Crippen LogP contribution in [0, 0.1) is 11.8 Å². The van der Waals surface area contributed by atoms with E-state index in [2.05, 4.69) is 23.8 Å². The maximum Gasteiger partial charge on any atom is 0.251 e. The molecule has 8 heteroatoms. The molecule has 0 spiro atoms. The van der Waals surface area contributed by atoms with Crippen LogP contribution in [0.15, 0.2) is 41.5 Å². The summed E-state index contributed by atoms with van der Waals surface area (Å²) in [5.41, 5.74) is 2.84. The van der Waals surface area contributed by atoms with Crippen molar-refractivity contribution in [1.29, 1.82) is 0 Å². The number of H-pyrrole nitrogens is 1. The van der Waals surface area contributed by atoms with Crippen molar-refractivity contribution in [3.8, 4) is 0 Å². The highest BCUT2D eigenvalue weighted by atomic mass is 35.5. The average Bonchev–Trinajstić information content (AvgIpc) is 3.47. The van der Waals surface area contributed by atoms with Crippen molar-refractivity contribution in [2.45, 2.75) is 26.7 Å². The molecule has 0 aliphatic carbocycles. The molecule has 2 atom stereocenters. The van der Waals surface area contributed by atoms with E-state index in [1.54, 1.807) is 13.2 Å². The van der Waals surface area contributed by atoms with Gasteiger partial charge < -0.3 is 15.0 Å². The van der Waals surface area contributed by atoms with Crippen LogP contribution in [-0.2, 0) is 4.74 Å². The number of nitrogens with one attached hydrogen (secondary N) is 2. The molecular weight excluding hydrogens is 476 g/mol. The fraction of sp³-hybridized carbons (Fsp3) is 0.357. The molecule has 1 aliphatic rings. The Hall–Kier alpha value is -3.29. The fourth-order valence-electron chi connectivity index (χ4n) is 4.61. The van der Waals surface area contributed by atoms with Gasteiger partial charge in [-0.25, -0.2) is 0 Å². The Morgan fingerprint density at radius 1 is 1.25 bits per heavy atom. The maximum atomic E-state index is 13.1. The lowest BCUT2D eigenvalue weighted by Crippen LogP contribution is -2.36. The number of ether oxygens (including phenoxy) is 1. The summed E-state index contributed by atoms with van der Waals surface area (Å²) < 4.78 is 6.90. The van der Waals surface area contributed by atoms with Crippen LogP contribution in [-0.4, -0.2) is 48.2 Å². The van der Waals surface area contributed by atoms with E-state index in [1.165, 1.54) is 0 Å². The third kappa shape index (κ3) is 5.58. The van der Waals surface area contributed by atoms with E-state index in [1.807, 2.05) is 48.2 Å². The van der Waals surface area contributed by atoms with E-state index < -0.39 is 0 Å². The van der Waals surface area contributed by atoms with Crippen LogP contribution in [0.25, 0.3) is 23.7 Å². The molecule has 2 unspecified atom stereocenters. The Labute approximate surface area is 215 Å². The number of carbonyl (C=O) groups is 2. The minimum Gasteiger partial charge on any atom is -0.383 e. The number of carbonyl (C=O) groups excluding carboxylic acids is 2. The van der Waals surface area contributed by atoms with Crippen LogP contribution in [0.1, 0.15) is 47.5 Å². The third-order valence-electron chi connectivity index (χ3n) is 6.69. The van der Waals surface area contributed by atoms with E-state index in [-0.39, 0.29) is 23.5 Å². The number of hydrogen-bond donors (Lipinski definition) is 2. The number of aromatic amines is 1. The Kier molecular flexibility index (Phi) is 8.01. The number of amides is 1. The van der Waals surface area contributed by atoms with Crippen LogP contribution in [0.2, 0.25) is 5.02 Å². The minimum absolute atomic E-state index is 0.0931. The molecule has 2 N–H and O–H groups in total. The molecule has 1 aromatic heterocycles. The van der Waals surface area contributed by atoms with Gasteiger partial charge in [0, 0.05) is 52.1 Å². The Morgan fingerprint density at radius 3 is 2.81 bits per heavy atom. The van der Waals surface area contributed by atoms with E-state index in [9.17, 15) is 9.59 Å². The summed E-state index contributed by atoms with van der Waals surface area (Å²) in [5.74, 6) is 0.0386. The van der Waals surface area contributed by atoms with Crippen molar-refractivity contribution in [3.05, 3.63) is 63.1 Å². The molecule has 0 radical (unpaired) electrons. The highest BCUT2D eigenvalue weighted by Gasteiger charge is 2.26. The number of ketones is 1. The van der Waals surface area contributed by atoms with Crippen molar-refractivity contribution in [2.75, 3.05) is 26.8 Å². The number of aromatic nitrogens is 1. The Bertz CT molecular complexity index is 1440. The van der Waals surface area contributed by atoms with Gasteiger partial charge in [0.2, 0.25) is 6.20 Å². The van der Waals surface area contributed by atoms with Gasteiger partial charge in [-0.3, -0.25) is 9.59 Å². The van der Waals surface area contributed by atoms with Gasteiger partial charge in [-0.2, -0.15) is 0 Å². The molecule has 0 saturated heterocycles. The molecule has 2 aromatic carbocycles. The first-order valence-corrected chi connectivity index (χ1v) is 12.6. The highest BCUT2D eigenvalue weighted by molar-refractivity contribution is 6.31. The van der Waals surface area contributed by atoms with Crippen molar-refractivity contribution in [3.63, 3.8) is 0 Å². The molecule has 2 heterocycles. The smallest absolute Gasteiger partial charge is 0.251 e. The van der Waals surface area contributed by atoms with E-state index in [0.717, 1.165) is 34.7 Å². The zero-order valence-corrected chi connectivity index (χ0v) is 21.7. The molecule has 1 amide bonds. The molecule has 0 saturated carbocycles. The monoisotopic (exact) mass is 507 g/mol. The first kappa shape index (κ1) is 25.8. The number of nitrogens with zero attached hydrogens (tertiary/aromatic N) is 2. The normalized spacial score (nSPS) is 14.2. The number of hydrogen-bond acceptors (Lipinski definition) is 4. The summed E-state index contributed by atoms with van der Waals surface area (Å²) in [4.78, 5) is 28.9. The highest BCUT2D eigenvalue weighted by Crippen LogP contribution is 2.25. The molecule has 36 heavy (non-hydrogen) atoms. The van der Waals surface area contributed by atoms with Gasteiger partial charge >= 0.3 is 0 Å². The third-order valence-corrected chi connectivity index (χ3v) is 6.93. The molecule has 3 aromatic rings. The van der Waals surface area contributed by atoms with Gasteiger partial charge in [0.15, 0.2) is 12.3 Å². The van der Waals surface area contributed by atoms with Gasteiger partial charge in [-0.15, -0.1) is 0 Å².